The lowest BCUT2D eigenvalue weighted by Gasteiger charge is -2.25. The molecule has 17 heavy (non-hydrogen) atoms. The van der Waals surface area contributed by atoms with Gasteiger partial charge in [0.1, 0.15) is 0 Å². The summed E-state index contributed by atoms with van der Waals surface area (Å²) in [4.78, 5) is 0. The van der Waals surface area contributed by atoms with Crippen LogP contribution in [-0.2, 0) is 6.42 Å². The van der Waals surface area contributed by atoms with Gasteiger partial charge in [0.15, 0.2) is 0 Å². The van der Waals surface area contributed by atoms with E-state index in [4.69, 9.17) is 10.2 Å². The van der Waals surface area contributed by atoms with Crippen LogP contribution in [0.4, 0.5) is 12.0 Å². The van der Waals surface area contributed by atoms with Crippen molar-refractivity contribution in [2.24, 2.45) is 0 Å². The zero-order chi connectivity index (χ0) is 12.3. The predicted molar refractivity (Wildman–Crippen MR) is 66.6 cm³/mol. The fraction of sp³-hybridized carbons (Fsp3) is 0.333. The molecule has 5 nitrogen and oxygen atoms in total. The fourth-order valence-electron chi connectivity index (χ4n) is 1.72. The van der Waals surface area contributed by atoms with Gasteiger partial charge in [0.2, 0.25) is 0 Å². The van der Waals surface area contributed by atoms with Crippen LogP contribution in [-0.4, -0.2) is 15.7 Å². The van der Waals surface area contributed by atoms with Gasteiger partial charge >= 0.3 is 12.0 Å². The molecule has 0 saturated carbocycles. The maximum Gasteiger partial charge on any atom is 0.317 e. The van der Waals surface area contributed by atoms with Crippen molar-refractivity contribution in [3.63, 3.8) is 0 Å². The normalized spacial score (nSPS) is 11.4. The third kappa shape index (κ3) is 3.21. The molecule has 0 aliphatic carbocycles. The van der Waals surface area contributed by atoms with Crippen LogP contribution in [0.2, 0.25) is 0 Å². The molecule has 5 heteroatoms. The van der Waals surface area contributed by atoms with Crippen LogP contribution < -0.4 is 11.1 Å². The van der Waals surface area contributed by atoms with E-state index in [1.807, 2.05) is 18.2 Å². The van der Waals surface area contributed by atoms with Crippen LogP contribution in [0.3, 0.4) is 0 Å². The molecule has 1 heterocycles. The first kappa shape index (κ1) is 11.4. The van der Waals surface area contributed by atoms with Crippen molar-refractivity contribution in [1.82, 2.24) is 10.2 Å². The minimum absolute atomic E-state index is 0.0722. The van der Waals surface area contributed by atoms with Crippen LogP contribution >= 0.6 is 0 Å². The maximum atomic E-state index is 5.37. The highest BCUT2D eigenvalue weighted by atomic mass is 16.4. The Bertz CT molecular complexity index is 478. The van der Waals surface area contributed by atoms with Crippen molar-refractivity contribution in [1.29, 1.82) is 0 Å². The summed E-state index contributed by atoms with van der Waals surface area (Å²) >= 11 is 0. The quantitative estimate of drug-likeness (QED) is 0.844. The highest BCUT2D eigenvalue weighted by Crippen LogP contribution is 2.18. The van der Waals surface area contributed by atoms with Crippen molar-refractivity contribution in [2.45, 2.75) is 25.8 Å². The zero-order valence-electron chi connectivity index (χ0n) is 9.97. The van der Waals surface area contributed by atoms with Crippen LogP contribution in [0.1, 0.15) is 19.4 Å². The van der Waals surface area contributed by atoms with Crippen molar-refractivity contribution in [3.8, 4) is 0 Å². The Morgan fingerprint density at radius 3 is 2.53 bits per heavy atom. The van der Waals surface area contributed by atoms with Crippen LogP contribution in [0.25, 0.3) is 0 Å². The molecule has 0 spiro atoms. The van der Waals surface area contributed by atoms with Gasteiger partial charge < -0.3 is 15.5 Å². The van der Waals surface area contributed by atoms with Crippen molar-refractivity contribution >= 4 is 12.0 Å². The Morgan fingerprint density at radius 1 is 1.24 bits per heavy atom. The van der Waals surface area contributed by atoms with Crippen LogP contribution in [0.15, 0.2) is 34.7 Å². The molecule has 0 bridgehead atoms. The molecule has 0 atom stereocenters. The summed E-state index contributed by atoms with van der Waals surface area (Å²) in [6.45, 7) is 4.14. The van der Waals surface area contributed by atoms with Crippen molar-refractivity contribution < 1.29 is 4.42 Å². The van der Waals surface area contributed by atoms with E-state index in [-0.39, 0.29) is 11.6 Å². The van der Waals surface area contributed by atoms with Crippen LogP contribution in [0, 0.1) is 0 Å². The molecule has 0 amide bonds. The number of hydrogen-bond acceptors (Lipinski definition) is 5. The maximum absolute atomic E-state index is 5.37. The highest BCUT2D eigenvalue weighted by molar-refractivity contribution is 5.29. The van der Waals surface area contributed by atoms with E-state index in [0.29, 0.717) is 6.01 Å². The largest absolute Gasteiger partial charge is 0.390 e. The summed E-state index contributed by atoms with van der Waals surface area (Å²) in [5.41, 5.74) is 6.44. The van der Waals surface area contributed by atoms with Gasteiger partial charge in [-0.3, -0.25) is 0 Å². The van der Waals surface area contributed by atoms with Gasteiger partial charge in [0.05, 0.1) is 0 Å². The molecule has 0 aliphatic heterocycles. The van der Waals surface area contributed by atoms with E-state index in [1.54, 1.807) is 0 Å². The summed E-state index contributed by atoms with van der Waals surface area (Å²) in [7, 11) is 0. The molecule has 0 fully saturated rings. The fourth-order valence-corrected chi connectivity index (χ4v) is 1.72. The molecule has 2 aromatic rings. The third-order valence-corrected chi connectivity index (χ3v) is 2.37. The number of nitrogens with one attached hydrogen (secondary N) is 1. The number of nitrogens with two attached hydrogens (primary N) is 1. The molecule has 0 radical (unpaired) electrons. The van der Waals surface area contributed by atoms with Crippen LogP contribution in [0.5, 0.6) is 0 Å². The lowest BCUT2D eigenvalue weighted by Crippen LogP contribution is -2.33. The van der Waals surface area contributed by atoms with Gasteiger partial charge in [-0.25, -0.2) is 0 Å². The van der Waals surface area contributed by atoms with Crippen molar-refractivity contribution in [2.75, 3.05) is 11.1 Å². The monoisotopic (exact) mass is 232 g/mol. The molecule has 90 valence electrons. The van der Waals surface area contributed by atoms with E-state index >= 15 is 0 Å². The Balaban J connectivity index is 2.04. The van der Waals surface area contributed by atoms with E-state index in [2.05, 4.69) is 41.5 Å². The third-order valence-electron chi connectivity index (χ3n) is 2.37. The molecule has 1 aromatic heterocycles. The molecule has 2 rings (SSSR count). The Hall–Kier alpha value is -2.04. The molecule has 1 aromatic carbocycles. The first-order chi connectivity index (χ1) is 8.05. The molecule has 0 saturated heterocycles. The van der Waals surface area contributed by atoms with Gasteiger partial charge in [-0.15, -0.1) is 0 Å². The second-order valence-corrected chi connectivity index (χ2v) is 4.62. The van der Waals surface area contributed by atoms with E-state index in [1.165, 1.54) is 5.56 Å². The van der Waals surface area contributed by atoms with Gasteiger partial charge in [-0.05, 0) is 25.8 Å². The van der Waals surface area contributed by atoms with E-state index in [0.717, 1.165) is 6.42 Å². The molecule has 0 unspecified atom stereocenters. The number of aromatic nitrogens is 2. The smallest absolute Gasteiger partial charge is 0.317 e. The molecule has 0 aliphatic rings. The second kappa shape index (κ2) is 4.45. The topological polar surface area (TPSA) is 77.0 Å². The lowest BCUT2D eigenvalue weighted by molar-refractivity contribution is 0.511. The van der Waals surface area contributed by atoms with Gasteiger partial charge in [-0.2, -0.15) is 0 Å². The number of nitrogen functional groups attached to an aromatic ring is 1. The average Bonchev–Trinajstić information content (AvgIpc) is 2.63. The molecule has 3 N–H and O–H groups in total. The number of benzene rings is 1. The Labute approximate surface area is 100 Å². The highest BCUT2D eigenvalue weighted by Gasteiger charge is 2.20. The number of rotatable bonds is 4. The summed E-state index contributed by atoms with van der Waals surface area (Å²) in [6, 6.07) is 10.7. The minimum Gasteiger partial charge on any atom is -0.390 e. The summed E-state index contributed by atoms with van der Waals surface area (Å²) < 4.78 is 5.10. The molecular formula is C12H16N4O. The number of hydrogen-bond donors (Lipinski definition) is 2. The van der Waals surface area contributed by atoms with Gasteiger partial charge in [0.25, 0.3) is 0 Å². The Kier molecular flexibility index (Phi) is 2.99. The summed E-state index contributed by atoms with van der Waals surface area (Å²) in [5, 5.41) is 10.6. The molecular weight excluding hydrogens is 216 g/mol. The predicted octanol–water partition coefficient (Wildman–Crippen LogP) is 2.08. The Morgan fingerprint density at radius 2 is 1.94 bits per heavy atom. The number of nitrogens with zero attached hydrogens (tertiary/aromatic N) is 2. The summed E-state index contributed by atoms with van der Waals surface area (Å²) in [6.07, 6.45) is 0.857. The lowest BCUT2D eigenvalue weighted by atomic mass is 9.95. The zero-order valence-corrected chi connectivity index (χ0v) is 9.97. The van der Waals surface area contributed by atoms with E-state index < -0.39 is 0 Å². The second-order valence-electron chi connectivity index (χ2n) is 4.62. The van der Waals surface area contributed by atoms with E-state index in [9.17, 15) is 0 Å². The average molecular weight is 232 g/mol. The number of anilines is 2. The van der Waals surface area contributed by atoms with Crippen molar-refractivity contribution in [3.05, 3.63) is 35.9 Å². The SMILES string of the molecule is CC(C)(Cc1ccccc1)Nc1nnc(N)o1. The summed E-state index contributed by atoms with van der Waals surface area (Å²) in [5.74, 6) is 0. The standard InChI is InChI=1S/C12H16N4O/c1-12(2,8-9-6-4-3-5-7-9)14-11-16-15-10(13)17-11/h3-7H,8H2,1-2H3,(H2,13,15)(H,14,16). The first-order valence-corrected chi connectivity index (χ1v) is 5.46. The van der Waals surface area contributed by atoms with Gasteiger partial charge in [0, 0.05) is 5.54 Å². The minimum atomic E-state index is -0.180. The first-order valence-electron chi connectivity index (χ1n) is 5.46. The van der Waals surface area contributed by atoms with Gasteiger partial charge in [-0.1, -0.05) is 40.5 Å².